The molecule has 1 N–H and O–H groups in total. The molecule has 0 unspecified atom stereocenters. The molecule has 3 rings (SSSR count). The molecule has 2 aromatic rings. The van der Waals surface area contributed by atoms with E-state index in [1.807, 2.05) is 0 Å². The van der Waals surface area contributed by atoms with Crippen LogP contribution in [0.2, 0.25) is 0 Å². The summed E-state index contributed by atoms with van der Waals surface area (Å²) in [6.07, 6.45) is 5.48. The Morgan fingerprint density at radius 1 is 1.18 bits per heavy atom. The fourth-order valence-electron chi connectivity index (χ4n) is 2.87. The SMILES string of the molecule is COc1nccnc1NC1CCN(c2cccc(C)c2)CC1. The molecule has 116 valence electrons. The predicted octanol–water partition coefficient (Wildman–Crippen LogP) is 2.87. The van der Waals surface area contributed by atoms with Gasteiger partial charge in [0.15, 0.2) is 5.82 Å². The van der Waals surface area contributed by atoms with Crippen LogP contribution in [0.1, 0.15) is 18.4 Å². The number of hydrogen-bond acceptors (Lipinski definition) is 5. The van der Waals surface area contributed by atoms with Crippen molar-refractivity contribution in [2.75, 3.05) is 30.4 Å². The average Bonchev–Trinajstić information content (AvgIpc) is 2.56. The van der Waals surface area contributed by atoms with Crippen molar-refractivity contribution >= 4 is 11.5 Å². The lowest BCUT2D eigenvalue weighted by Crippen LogP contribution is -2.39. The number of piperidine rings is 1. The minimum absolute atomic E-state index is 0.409. The number of benzene rings is 1. The third-order valence-corrected chi connectivity index (χ3v) is 4.06. The summed E-state index contributed by atoms with van der Waals surface area (Å²) >= 11 is 0. The van der Waals surface area contributed by atoms with Gasteiger partial charge in [0.05, 0.1) is 7.11 Å². The number of aryl methyl sites for hydroxylation is 1. The molecule has 1 fully saturated rings. The van der Waals surface area contributed by atoms with Crippen molar-refractivity contribution in [2.24, 2.45) is 0 Å². The molecular formula is C17H22N4O. The number of methoxy groups -OCH3 is 1. The zero-order valence-electron chi connectivity index (χ0n) is 13.1. The van der Waals surface area contributed by atoms with Crippen molar-refractivity contribution in [3.63, 3.8) is 0 Å². The Morgan fingerprint density at radius 3 is 2.68 bits per heavy atom. The molecule has 1 aliphatic rings. The fraction of sp³-hybridized carbons (Fsp3) is 0.412. The van der Waals surface area contributed by atoms with Gasteiger partial charge in [0, 0.05) is 37.2 Å². The Hall–Kier alpha value is -2.30. The first-order valence-corrected chi connectivity index (χ1v) is 7.69. The van der Waals surface area contributed by atoms with Crippen LogP contribution in [-0.4, -0.2) is 36.2 Å². The molecule has 2 heterocycles. The number of aromatic nitrogens is 2. The summed E-state index contributed by atoms with van der Waals surface area (Å²) < 4.78 is 5.24. The molecule has 5 nitrogen and oxygen atoms in total. The molecule has 5 heteroatoms. The smallest absolute Gasteiger partial charge is 0.257 e. The lowest BCUT2D eigenvalue weighted by Gasteiger charge is -2.34. The highest BCUT2D eigenvalue weighted by atomic mass is 16.5. The molecule has 0 radical (unpaired) electrons. The Morgan fingerprint density at radius 2 is 1.95 bits per heavy atom. The number of rotatable bonds is 4. The number of hydrogen-bond donors (Lipinski definition) is 1. The van der Waals surface area contributed by atoms with E-state index in [0.717, 1.165) is 31.7 Å². The summed E-state index contributed by atoms with van der Waals surface area (Å²) in [5.41, 5.74) is 2.62. The van der Waals surface area contributed by atoms with Crippen LogP contribution >= 0.6 is 0 Å². The maximum absolute atomic E-state index is 5.24. The quantitative estimate of drug-likeness (QED) is 0.940. The van der Waals surface area contributed by atoms with E-state index in [1.165, 1.54) is 11.3 Å². The maximum Gasteiger partial charge on any atom is 0.257 e. The molecule has 0 aliphatic carbocycles. The second-order valence-corrected chi connectivity index (χ2v) is 5.66. The van der Waals surface area contributed by atoms with E-state index in [-0.39, 0.29) is 0 Å². The van der Waals surface area contributed by atoms with Crippen molar-refractivity contribution in [2.45, 2.75) is 25.8 Å². The van der Waals surface area contributed by atoms with Gasteiger partial charge in [-0.15, -0.1) is 0 Å². The van der Waals surface area contributed by atoms with Crippen molar-refractivity contribution in [1.29, 1.82) is 0 Å². The van der Waals surface area contributed by atoms with Gasteiger partial charge in [0.25, 0.3) is 5.88 Å². The van der Waals surface area contributed by atoms with Crippen LogP contribution in [-0.2, 0) is 0 Å². The molecule has 1 aromatic heterocycles. The summed E-state index contributed by atoms with van der Waals surface area (Å²) in [4.78, 5) is 10.9. The summed E-state index contributed by atoms with van der Waals surface area (Å²) in [5.74, 6) is 1.29. The Labute approximate surface area is 131 Å². The number of ether oxygens (including phenoxy) is 1. The standard InChI is InChI=1S/C17H22N4O/c1-13-4-3-5-15(12-13)21-10-6-14(7-11-21)20-16-17(22-2)19-9-8-18-16/h3-5,8-9,12,14H,6-7,10-11H2,1-2H3,(H,18,20). The summed E-state index contributed by atoms with van der Waals surface area (Å²) in [7, 11) is 1.62. The first-order valence-electron chi connectivity index (χ1n) is 7.69. The molecular weight excluding hydrogens is 276 g/mol. The van der Waals surface area contributed by atoms with E-state index in [0.29, 0.717) is 11.9 Å². The highest BCUT2D eigenvalue weighted by Crippen LogP contribution is 2.24. The molecule has 0 amide bonds. The maximum atomic E-state index is 5.24. The van der Waals surface area contributed by atoms with Gasteiger partial charge in [-0.05, 0) is 37.5 Å². The van der Waals surface area contributed by atoms with Gasteiger partial charge in [-0.3, -0.25) is 0 Å². The normalized spacial score (nSPS) is 15.6. The van der Waals surface area contributed by atoms with E-state index in [2.05, 4.69) is 51.4 Å². The molecule has 0 bridgehead atoms. The van der Waals surface area contributed by atoms with Crippen LogP contribution in [0.15, 0.2) is 36.7 Å². The Bertz CT molecular complexity index is 624. The first-order chi connectivity index (χ1) is 10.8. The van der Waals surface area contributed by atoms with Crippen molar-refractivity contribution in [1.82, 2.24) is 9.97 Å². The topological polar surface area (TPSA) is 50.3 Å². The monoisotopic (exact) mass is 298 g/mol. The third-order valence-electron chi connectivity index (χ3n) is 4.06. The van der Waals surface area contributed by atoms with Gasteiger partial charge in [-0.2, -0.15) is 0 Å². The minimum Gasteiger partial charge on any atom is -0.478 e. The number of anilines is 2. The minimum atomic E-state index is 0.409. The molecule has 22 heavy (non-hydrogen) atoms. The summed E-state index contributed by atoms with van der Waals surface area (Å²) in [6.45, 7) is 4.23. The van der Waals surface area contributed by atoms with E-state index < -0.39 is 0 Å². The summed E-state index contributed by atoms with van der Waals surface area (Å²) in [6, 6.07) is 9.11. The van der Waals surface area contributed by atoms with Crippen molar-refractivity contribution in [3.8, 4) is 5.88 Å². The lowest BCUT2D eigenvalue weighted by atomic mass is 10.0. The molecule has 0 atom stereocenters. The summed E-state index contributed by atoms with van der Waals surface area (Å²) in [5, 5.41) is 3.46. The van der Waals surface area contributed by atoms with Gasteiger partial charge in [0.1, 0.15) is 0 Å². The number of nitrogens with one attached hydrogen (secondary N) is 1. The molecule has 1 aromatic carbocycles. The Kier molecular flexibility index (Phi) is 4.42. The van der Waals surface area contributed by atoms with E-state index in [4.69, 9.17) is 4.74 Å². The van der Waals surface area contributed by atoms with Crippen LogP contribution in [0.3, 0.4) is 0 Å². The van der Waals surface area contributed by atoms with Gasteiger partial charge >= 0.3 is 0 Å². The first kappa shape index (κ1) is 14.6. The van der Waals surface area contributed by atoms with Crippen molar-refractivity contribution < 1.29 is 4.74 Å². The number of nitrogens with zero attached hydrogens (tertiary/aromatic N) is 3. The van der Waals surface area contributed by atoms with Gasteiger partial charge in [-0.25, -0.2) is 9.97 Å². The Balaban J connectivity index is 1.60. The third kappa shape index (κ3) is 3.30. The molecule has 0 spiro atoms. The zero-order valence-corrected chi connectivity index (χ0v) is 13.1. The second-order valence-electron chi connectivity index (χ2n) is 5.66. The lowest BCUT2D eigenvalue weighted by molar-refractivity contribution is 0.396. The van der Waals surface area contributed by atoms with Crippen LogP contribution in [0.5, 0.6) is 5.88 Å². The molecule has 0 saturated carbocycles. The van der Waals surface area contributed by atoms with E-state index in [9.17, 15) is 0 Å². The molecule has 1 aliphatic heterocycles. The van der Waals surface area contributed by atoms with Crippen molar-refractivity contribution in [3.05, 3.63) is 42.2 Å². The van der Waals surface area contributed by atoms with Crippen LogP contribution < -0.4 is 15.0 Å². The highest BCUT2D eigenvalue weighted by molar-refractivity contribution is 5.50. The van der Waals surface area contributed by atoms with Crippen LogP contribution in [0.4, 0.5) is 11.5 Å². The second kappa shape index (κ2) is 6.64. The average molecular weight is 298 g/mol. The fourth-order valence-corrected chi connectivity index (χ4v) is 2.87. The highest BCUT2D eigenvalue weighted by Gasteiger charge is 2.21. The van der Waals surface area contributed by atoms with Crippen LogP contribution in [0.25, 0.3) is 0 Å². The van der Waals surface area contributed by atoms with E-state index in [1.54, 1.807) is 19.5 Å². The van der Waals surface area contributed by atoms with Gasteiger partial charge in [-0.1, -0.05) is 12.1 Å². The predicted molar refractivity (Wildman–Crippen MR) is 88.6 cm³/mol. The van der Waals surface area contributed by atoms with Gasteiger partial charge in [0.2, 0.25) is 0 Å². The molecule has 1 saturated heterocycles. The van der Waals surface area contributed by atoms with E-state index >= 15 is 0 Å². The zero-order chi connectivity index (χ0) is 15.4. The van der Waals surface area contributed by atoms with Gasteiger partial charge < -0.3 is 15.0 Å². The largest absolute Gasteiger partial charge is 0.478 e. The van der Waals surface area contributed by atoms with Crippen LogP contribution in [0, 0.1) is 6.92 Å².